The molecule has 24 heavy (non-hydrogen) atoms. The Bertz CT molecular complexity index is 756. The molecule has 0 radical (unpaired) electrons. The number of nitrogens with zero attached hydrogens (tertiary/aromatic N) is 1. The van der Waals surface area contributed by atoms with Crippen molar-refractivity contribution in [3.8, 4) is 0 Å². The number of esters is 1. The lowest BCUT2D eigenvalue weighted by Gasteiger charge is -2.33. The maximum absolute atomic E-state index is 12.3. The summed E-state index contributed by atoms with van der Waals surface area (Å²) in [7, 11) is 0. The summed E-state index contributed by atoms with van der Waals surface area (Å²) >= 11 is 5.60. The molecule has 5 nitrogen and oxygen atoms in total. The third-order valence-electron chi connectivity index (χ3n) is 4.36. The molecular formula is C18H23N3O2S. The highest BCUT2D eigenvalue weighted by molar-refractivity contribution is 7.80. The van der Waals surface area contributed by atoms with Crippen molar-refractivity contribution in [1.29, 1.82) is 0 Å². The predicted molar refractivity (Wildman–Crippen MR) is 100 cm³/mol. The molecule has 1 aliphatic heterocycles. The molecule has 2 N–H and O–H groups in total. The quantitative estimate of drug-likeness (QED) is 0.655. The number of aromatic nitrogens is 1. The summed E-state index contributed by atoms with van der Waals surface area (Å²) in [5, 5.41) is 4.89. The van der Waals surface area contributed by atoms with E-state index >= 15 is 0 Å². The summed E-state index contributed by atoms with van der Waals surface area (Å²) < 4.78 is 5.18. The minimum atomic E-state index is -0.369. The van der Waals surface area contributed by atoms with Crippen molar-refractivity contribution in [2.24, 2.45) is 5.92 Å². The van der Waals surface area contributed by atoms with E-state index in [9.17, 15) is 4.79 Å². The van der Waals surface area contributed by atoms with E-state index in [-0.39, 0.29) is 5.97 Å². The number of ether oxygens (including phenoxy) is 1. The van der Waals surface area contributed by atoms with E-state index in [1.54, 1.807) is 6.92 Å². The third kappa shape index (κ3) is 3.38. The largest absolute Gasteiger partial charge is 0.461 e. The molecule has 0 amide bonds. The fourth-order valence-corrected chi connectivity index (χ4v) is 3.46. The summed E-state index contributed by atoms with van der Waals surface area (Å²) in [4.78, 5) is 17.6. The van der Waals surface area contributed by atoms with Gasteiger partial charge in [0.15, 0.2) is 5.11 Å². The maximum atomic E-state index is 12.3. The van der Waals surface area contributed by atoms with E-state index in [1.165, 1.54) is 6.42 Å². The Balaban J connectivity index is 1.90. The number of thiocarbonyl (C=S) groups is 1. The van der Waals surface area contributed by atoms with E-state index in [0.29, 0.717) is 29.0 Å². The molecule has 1 saturated heterocycles. The number of carbonyl (C=O) groups is 1. The van der Waals surface area contributed by atoms with Gasteiger partial charge < -0.3 is 19.9 Å². The first-order valence-corrected chi connectivity index (χ1v) is 8.84. The van der Waals surface area contributed by atoms with Crippen LogP contribution < -0.4 is 5.32 Å². The summed E-state index contributed by atoms with van der Waals surface area (Å²) in [5.41, 5.74) is 2.01. The van der Waals surface area contributed by atoms with Crippen LogP contribution >= 0.6 is 12.2 Å². The number of rotatable bonds is 3. The smallest absolute Gasteiger partial charge is 0.356 e. The molecule has 1 aromatic heterocycles. The molecule has 2 heterocycles. The van der Waals surface area contributed by atoms with Crippen LogP contribution in [0.3, 0.4) is 0 Å². The van der Waals surface area contributed by atoms with Gasteiger partial charge in [0, 0.05) is 24.0 Å². The lowest BCUT2D eigenvalue weighted by atomic mass is 10.0. The van der Waals surface area contributed by atoms with Crippen LogP contribution in [0.4, 0.5) is 5.69 Å². The zero-order valence-electron chi connectivity index (χ0n) is 14.1. The zero-order valence-corrected chi connectivity index (χ0v) is 14.9. The first-order chi connectivity index (χ1) is 11.6. The lowest BCUT2D eigenvalue weighted by molar-refractivity contribution is 0.0522. The van der Waals surface area contributed by atoms with Gasteiger partial charge in [-0.25, -0.2) is 4.79 Å². The van der Waals surface area contributed by atoms with Gasteiger partial charge in [0.25, 0.3) is 0 Å². The van der Waals surface area contributed by atoms with Crippen molar-refractivity contribution in [2.45, 2.75) is 26.7 Å². The Hall–Kier alpha value is -2.08. The number of hydrogen-bond acceptors (Lipinski definition) is 3. The second kappa shape index (κ2) is 7.21. The second-order valence-corrected chi connectivity index (χ2v) is 6.65. The van der Waals surface area contributed by atoms with E-state index in [2.05, 4.69) is 22.1 Å². The van der Waals surface area contributed by atoms with Crippen molar-refractivity contribution in [3.05, 3.63) is 30.0 Å². The zero-order chi connectivity index (χ0) is 17.1. The number of nitrogens with one attached hydrogen (secondary N) is 2. The van der Waals surface area contributed by atoms with Gasteiger partial charge in [-0.05, 0) is 44.0 Å². The molecule has 128 valence electrons. The molecule has 0 saturated carbocycles. The van der Waals surface area contributed by atoms with Gasteiger partial charge in [0.2, 0.25) is 0 Å². The van der Waals surface area contributed by atoms with Crippen LogP contribution in [0.5, 0.6) is 0 Å². The van der Waals surface area contributed by atoms with Crippen LogP contribution in [0.2, 0.25) is 0 Å². The Morgan fingerprint density at radius 1 is 1.46 bits per heavy atom. The Kier molecular flexibility index (Phi) is 5.04. The summed E-state index contributed by atoms with van der Waals surface area (Å²) in [6.45, 7) is 6.27. The Morgan fingerprint density at radius 2 is 2.25 bits per heavy atom. The Labute approximate surface area is 147 Å². The molecule has 1 fully saturated rings. The molecule has 0 spiro atoms. The van der Waals surface area contributed by atoms with Crippen LogP contribution in [0.1, 0.15) is 37.2 Å². The molecule has 1 unspecified atom stereocenters. The van der Waals surface area contributed by atoms with Crippen LogP contribution in [-0.4, -0.2) is 40.7 Å². The topological polar surface area (TPSA) is 57.4 Å². The van der Waals surface area contributed by atoms with Gasteiger partial charge in [-0.3, -0.25) is 0 Å². The van der Waals surface area contributed by atoms with Crippen molar-refractivity contribution in [2.75, 3.05) is 25.0 Å². The standard InChI is InChI=1S/C18H23N3O2S/c1-3-23-17(22)16-15(13-8-4-5-9-14(13)19-16)20-18(24)21-10-6-7-12(2)11-21/h4-5,8-9,12,19H,3,6-7,10-11H2,1-2H3,(H,20,24). The van der Waals surface area contributed by atoms with Crippen LogP contribution in [0.15, 0.2) is 24.3 Å². The number of carbonyl (C=O) groups excluding carboxylic acids is 1. The number of benzene rings is 1. The van der Waals surface area contributed by atoms with Gasteiger partial charge in [0.05, 0.1) is 12.3 Å². The highest BCUT2D eigenvalue weighted by atomic mass is 32.1. The number of hydrogen-bond donors (Lipinski definition) is 2. The van der Waals surface area contributed by atoms with Crippen molar-refractivity contribution >= 4 is 39.9 Å². The number of anilines is 1. The molecular weight excluding hydrogens is 322 g/mol. The number of likely N-dealkylation sites (tertiary alicyclic amines) is 1. The minimum Gasteiger partial charge on any atom is -0.461 e. The average Bonchev–Trinajstić information content (AvgIpc) is 2.94. The van der Waals surface area contributed by atoms with Crippen LogP contribution in [-0.2, 0) is 4.74 Å². The Morgan fingerprint density at radius 3 is 3.00 bits per heavy atom. The second-order valence-electron chi connectivity index (χ2n) is 6.26. The van der Waals surface area contributed by atoms with E-state index in [1.807, 2.05) is 24.3 Å². The molecule has 1 atom stereocenters. The lowest BCUT2D eigenvalue weighted by Crippen LogP contribution is -2.41. The van der Waals surface area contributed by atoms with Crippen LogP contribution in [0.25, 0.3) is 10.9 Å². The fraction of sp³-hybridized carbons (Fsp3) is 0.444. The predicted octanol–water partition coefficient (Wildman–Crippen LogP) is 3.77. The molecule has 6 heteroatoms. The minimum absolute atomic E-state index is 0.335. The average molecular weight is 345 g/mol. The number of H-pyrrole nitrogens is 1. The number of fused-ring (bicyclic) bond motifs is 1. The summed E-state index contributed by atoms with van der Waals surface area (Å²) in [6.07, 6.45) is 2.38. The normalized spacial score (nSPS) is 17.8. The number of para-hydroxylation sites is 1. The number of aromatic amines is 1. The monoisotopic (exact) mass is 345 g/mol. The molecule has 2 aromatic rings. The first kappa shape index (κ1) is 16.8. The highest BCUT2D eigenvalue weighted by Gasteiger charge is 2.23. The molecule has 0 aliphatic carbocycles. The first-order valence-electron chi connectivity index (χ1n) is 8.44. The summed E-state index contributed by atoms with van der Waals surface area (Å²) in [6, 6.07) is 7.79. The third-order valence-corrected chi connectivity index (χ3v) is 4.72. The number of piperidine rings is 1. The maximum Gasteiger partial charge on any atom is 0.356 e. The van der Waals surface area contributed by atoms with Crippen molar-refractivity contribution < 1.29 is 9.53 Å². The van der Waals surface area contributed by atoms with Gasteiger partial charge in [-0.15, -0.1) is 0 Å². The van der Waals surface area contributed by atoms with Crippen LogP contribution in [0, 0.1) is 5.92 Å². The SMILES string of the molecule is CCOC(=O)c1[nH]c2ccccc2c1NC(=S)N1CCCC(C)C1. The molecule has 3 rings (SSSR count). The van der Waals surface area contributed by atoms with E-state index in [4.69, 9.17) is 17.0 Å². The van der Waals surface area contributed by atoms with Crippen molar-refractivity contribution in [3.63, 3.8) is 0 Å². The van der Waals surface area contributed by atoms with Gasteiger partial charge in [-0.1, -0.05) is 25.1 Å². The van der Waals surface area contributed by atoms with Crippen molar-refractivity contribution in [1.82, 2.24) is 9.88 Å². The molecule has 0 bridgehead atoms. The van der Waals surface area contributed by atoms with Gasteiger partial charge >= 0.3 is 5.97 Å². The van der Waals surface area contributed by atoms with E-state index < -0.39 is 0 Å². The summed E-state index contributed by atoms with van der Waals surface area (Å²) in [5.74, 6) is 0.261. The fourth-order valence-electron chi connectivity index (χ4n) is 3.19. The van der Waals surface area contributed by atoms with Gasteiger partial charge in [0.1, 0.15) is 5.69 Å². The molecule has 1 aliphatic rings. The highest BCUT2D eigenvalue weighted by Crippen LogP contribution is 2.29. The van der Waals surface area contributed by atoms with E-state index in [0.717, 1.165) is 30.4 Å². The molecule has 1 aromatic carbocycles. The van der Waals surface area contributed by atoms with Gasteiger partial charge in [-0.2, -0.15) is 0 Å².